The number of nitrogens with one attached hydrogen (secondary N) is 1. The van der Waals surface area contributed by atoms with Crippen molar-refractivity contribution in [1.82, 2.24) is 10.2 Å². The van der Waals surface area contributed by atoms with Gasteiger partial charge in [-0.15, -0.1) is 0 Å². The second-order valence-electron chi connectivity index (χ2n) is 5.78. The van der Waals surface area contributed by atoms with Gasteiger partial charge in [-0.25, -0.2) is 4.39 Å². The zero-order valence-corrected chi connectivity index (χ0v) is 10.1. The minimum absolute atomic E-state index is 0.170. The number of amides is 1. The number of halogens is 1. The summed E-state index contributed by atoms with van der Waals surface area (Å²) in [5, 5.41) is 12.2. The molecule has 0 aromatic carbocycles. The van der Waals surface area contributed by atoms with Crippen LogP contribution in [0.2, 0.25) is 0 Å². The Bertz CT molecular complexity index is 410. The Kier molecular flexibility index (Phi) is 2.42. The number of alkyl halides is 1. The Balaban J connectivity index is 1.76. The molecule has 100 valence electrons. The molecular formula is C12H17FN2O3. The first-order chi connectivity index (χ1) is 8.48. The molecule has 0 radical (unpaired) electrons. The third-order valence-electron chi connectivity index (χ3n) is 4.59. The number of piperidine rings is 1. The summed E-state index contributed by atoms with van der Waals surface area (Å²) in [7, 11) is 0. The second kappa shape index (κ2) is 3.66. The molecule has 1 aliphatic carbocycles. The molecule has 0 aromatic rings. The van der Waals surface area contributed by atoms with E-state index in [2.05, 4.69) is 5.32 Å². The van der Waals surface area contributed by atoms with Gasteiger partial charge >= 0.3 is 5.97 Å². The fraction of sp³-hybridized carbons (Fsp3) is 0.833. The van der Waals surface area contributed by atoms with Crippen molar-refractivity contribution in [2.45, 2.75) is 24.9 Å². The molecule has 1 amide bonds. The summed E-state index contributed by atoms with van der Waals surface area (Å²) in [6.07, 6.45) is 1.38. The molecule has 2 atom stereocenters. The number of carboxylic acid groups (broad SMARTS) is 1. The number of carboxylic acids is 1. The highest BCUT2D eigenvalue weighted by Crippen LogP contribution is 2.48. The topological polar surface area (TPSA) is 69.6 Å². The highest BCUT2D eigenvalue weighted by atomic mass is 19.1. The molecule has 0 spiro atoms. The number of hydrogen-bond acceptors (Lipinski definition) is 3. The predicted octanol–water partition coefficient (Wildman–Crippen LogP) is 0.0112. The summed E-state index contributed by atoms with van der Waals surface area (Å²) in [6.45, 7) is 1.52. The van der Waals surface area contributed by atoms with Gasteiger partial charge in [0.25, 0.3) is 5.91 Å². The average Bonchev–Trinajstić information content (AvgIpc) is 3.06. The number of aliphatic carboxylic acids is 1. The minimum atomic E-state index is -1.76. The molecule has 2 aliphatic heterocycles. The number of fused-ring (bicyclic) bond motifs is 1. The molecule has 0 bridgehead atoms. The van der Waals surface area contributed by atoms with E-state index in [0.29, 0.717) is 32.5 Å². The van der Waals surface area contributed by atoms with Gasteiger partial charge in [0.05, 0.1) is 5.41 Å². The zero-order valence-electron chi connectivity index (χ0n) is 10.1. The van der Waals surface area contributed by atoms with Crippen LogP contribution in [0.25, 0.3) is 0 Å². The summed E-state index contributed by atoms with van der Waals surface area (Å²) < 4.78 is 14.6. The quantitative estimate of drug-likeness (QED) is 0.746. The van der Waals surface area contributed by atoms with Crippen LogP contribution in [0.4, 0.5) is 4.39 Å². The van der Waals surface area contributed by atoms with Crippen LogP contribution in [0.15, 0.2) is 0 Å². The summed E-state index contributed by atoms with van der Waals surface area (Å²) in [5.41, 5.74) is -2.56. The fourth-order valence-electron chi connectivity index (χ4n) is 3.11. The van der Waals surface area contributed by atoms with Gasteiger partial charge in [0.1, 0.15) is 0 Å². The van der Waals surface area contributed by atoms with Gasteiger partial charge in [-0.05, 0) is 19.4 Å². The number of carbonyl (C=O) groups excluding carboxylic acids is 1. The number of rotatable bonds is 3. The molecule has 5 nitrogen and oxygen atoms in total. The van der Waals surface area contributed by atoms with Crippen LogP contribution in [0.1, 0.15) is 19.3 Å². The lowest BCUT2D eigenvalue weighted by Gasteiger charge is -2.29. The van der Waals surface area contributed by atoms with Crippen molar-refractivity contribution in [1.29, 1.82) is 0 Å². The molecule has 1 saturated carbocycles. The monoisotopic (exact) mass is 256 g/mol. The van der Waals surface area contributed by atoms with Crippen LogP contribution in [-0.2, 0) is 9.59 Å². The van der Waals surface area contributed by atoms with Crippen LogP contribution in [0.5, 0.6) is 0 Å². The molecule has 6 heteroatoms. The van der Waals surface area contributed by atoms with E-state index in [1.165, 1.54) is 4.90 Å². The third kappa shape index (κ3) is 1.55. The maximum atomic E-state index is 14.6. The third-order valence-corrected chi connectivity index (χ3v) is 4.59. The Morgan fingerprint density at radius 2 is 2.22 bits per heavy atom. The molecule has 0 unspecified atom stereocenters. The van der Waals surface area contributed by atoms with Gasteiger partial charge in [-0.1, -0.05) is 0 Å². The largest absolute Gasteiger partial charge is 0.481 e. The van der Waals surface area contributed by atoms with Gasteiger partial charge < -0.3 is 15.3 Å². The Hall–Kier alpha value is -1.17. The first kappa shape index (κ1) is 11.9. The smallest absolute Gasteiger partial charge is 0.311 e. The second-order valence-corrected chi connectivity index (χ2v) is 5.78. The highest BCUT2D eigenvalue weighted by Gasteiger charge is 2.59. The number of nitrogens with zero attached hydrogens (tertiary/aromatic N) is 1. The van der Waals surface area contributed by atoms with Crippen molar-refractivity contribution in [3.63, 3.8) is 0 Å². The molecule has 2 N–H and O–H groups in total. The number of hydrogen-bond donors (Lipinski definition) is 2. The molecule has 18 heavy (non-hydrogen) atoms. The lowest BCUT2D eigenvalue weighted by atomic mass is 9.86. The first-order valence-electron chi connectivity index (χ1n) is 6.40. The fourth-order valence-corrected chi connectivity index (χ4v) is 3.11. The Morgan fingerprint density at radius 1 is 1.50 bits per heavy atom. The minimum Gasteiger partial charge on any atom is -0.481 e. The van der Waals surface area contributed by atoms with E-state index < -0.39 is 23.0 Å². The van der Waals surface area contributed by atoms with E-state index in [0.717, 1.165) is 0 Å². The summed E-state index contributed by atoms with van der Waals surface area (Å²) >= 11 is 0. The van der Waals surface area contributed by atoms with Crippen molar-refractivity contribution in [3.05, 3.63) is 0 Å². The summed E-state index contributed by atoms with van der Waals surface area (Å²) in [5.74, 6) is -1.69. The van der Waals surface area contributed by atoms with E-state index >= 15 is 0 Å². The average molecular weight is 256 g/mol. The van der Waals surface area contributed by atoms with E-state index in [9.17, 15) is 14.0 Å². The van der Waals surface area contributed by atoms with E-state index in [1.54, 1.807) is 0 Å². The molecule has 0 aromatic heterocycles. The first-order valence-corrected chi connectivity index (χ1v) is 6.40. The summed E-state index contributed by atoms with van der Waals surface area (Å²) in [6, 6.07) is 0. The standard InChI is InChI=1S/C12H17FN2O3/c13-12-3-4-14-5-8(12)6-15(9(12)16)7-11(1-2-11)10(17)18/h8,14H,1-7H2,(H,17,18)/t8-,12+/m0/s1. The zero-order chi connectivity index (χ0) is 13.0. The van der Waals surface area contributed by atoms with Crippen LogP contribution in [-0.4, -0.2) is 53.7 Å². The van der Waals surface area contributed by atoms with Crippen molar-refractivity contribution >= 4 is 11.9 Å². The van der Waals surface area contributed by atoms with Crippen LogP contribution in [0, 0.1) is 11.3 Å². The lowest BCUT2D eigenvalue weighted by molar-refractivity contribution is -0.146. The molecule has 3 aliphatic rings. The number of carbonyl (C=O) groups is 2. The van der Waals surface area contributed by atoms with E-state index in [1.807, 2.05) is 0 Å². The van der Waals surface area contributed by atoms with Crippen LogP contribution in [0.3, 0.4) is 0 Å². The van der Waals surface area contributed by atoms with E-state index in [4.69, 9.17) is 5.11 Å². The predicted molar refractivity (Wildman–Crippen MR) is 60.7 cm³/mol. The number of likely N-dealkylation sites (tertiary alicyclic amines) is 1. The van der Waals surface area contributed by atoms with Crippen LogP contribution < -0.4 is 5.32 Å². The van der Waals surface area contributed by atoms with E-state index in [-0.39, 0.29) is 18.9 Å². The maximum Gasteiger partial charge on any atom is 0.311 e. The van der Waals surface area contributed by atoms with Gasteiger partial charge in [-0.2, -0.15) is 0 Å². The normalized spacial score (nSPS) is 37.5. The van der Waals surface area contributed by atoms with Gasteiger partial charge in [0.2, 0.25) is 0 Å². The Labute approximate surface area is 104 Å². The molecule has 2 saturated heterocycles. The summed E-state index contributed by atoms with van der Waals surface area (Å²) in [4.78, 5) is 24.7. The van der Waals surface area contributed by atoms with Crippen molar-refractivity contribution < 1.29 is 19.1 Å². The Morgan fingerprint density at radius 3 is 2.78 bits per heavy atom. The van der Waals surface area contributed by atoms with Gasteiger partial charge in [-0.3, -0.25) is 9.59 Å². The van der Waals surface area contributed by atoms with Crippen LogP contribution >= 0.6 is 0 Å². The lowest BCUT2D eigenvalue weighted by Crippen LogP contribution is -2.49. The van der Waals surface area contributed by atoms with Gasteiger partial charge in [0, 0.05) is 32.0 Å². The highest BCUT2D eigenvalue weighted by molar-refractivity contribution is 5.89. The van der Waals surface area contributed by atoms with Crippen molar-refractivity contribution in [2.24, 2.45) is 11.3 Å². The molecular weight excluding hydrogens is 239 g/mol. The maximum absolute atomic E-state index is 14.6. The van der Waals surface area contributed by atoms with Crippen molar-refractivity contribution in [2.75, 3.05) is 26.2 Å². The molecule has 2 heterocycles. The van der Waals surface area contributed by atoms with Gasteiger partial charge in [0.15, 0.2) is 5.67 Å². The molecule has 3 fully saturated rings. The SMILES string of the molecule is O=C(O)C1(CN2C[C@@H]3CNCC[C@]3(F)C2=O)CC1. The molecule has 3 rings (SSSR count). The van der Waals surface area contributed by atoms with Crippen molar-refractivity contribution in [3.8, 4) is 0 Å².